The van der Waals surface area contributed by atoms with Crippen LogP contribution in [0.1, 0.15) is 31.2 Å². The summed E-state index contributed by atoms with van der Waals surface area (Å²) in [5.74, 6) is 1.04. The summed E-state index contributed by atoms with van der Waals surface area (Å²) in [7, 11) is 0. The summed E-state index contributed by atoms with van der Waals surface area (Å²) in [6, 6.07) is 8.07. The second-order valence-corrected chi connectivity index (χ2v) is 7.47. The summed E-state index contributed by atoms with van der Waals surface area (Å²) in [6.45, 7) is 6.91. The van der Waals surface area contributed by atoms with Crippen molar-refractivity contribution in [3.8, 4) is 0 Å². The van der Waals surface area contributed by atoms with Gasteiger partial charge in [0.1, 0.15) is 0 Å². The quantitative estimate of drug-likeness (QED) is 0.887. The molecule has 2 heterocycles. The maximum atomic E-state index is 12.5. The van der Waals surface area contributed by atoms with Crippen molar-refractivity contribution in [3.05, 3.63) is 34.9 Å². The Hall–Kier alpha value is -1.10. The van der Waals surface area contributed by atoms with Crippen LogP contribution < -0.4 is 5.32 Å². The Morgan fingerprint density at radius 2 is 2.00 bits per heavy atom. The molecule has 1 aromatic carbocycles. The number of amides is 1. The fraction of sp³-hybridized carbons (Fsp3) is 0.632. The van der Waals surface area contributed by atoms with Gasteiger partial charge in [0.2, 0.25) is 5.91 Å². The lowest BCUT2D eigenvalue weighted by molar-refractivity contribution is -0.131. The Bertz CT molecular complexity index is 528. The summed E-state index contributed by atoms with van der Waals surface area (Å²) in [5.41, 5.74) is 1.29. The molecule has 132 valence electrons. The standard InChI is InChI=1S/C19H28ClN3O/c20-18-5-2-17(3-6-18)15-22-10-1-11-23(13-12-22)19(24)7-4-16-8-9-21-14-16/h2-3,5-6,16,21H,1,4,7-15H2. The minimum atomic E-state index is 0.343. The summed E-state index contributed by atoms with van der Waals surface area (Å²) in [4.78, 5) is 17.0. The van der Waals surface area contributed by atoms with Crippen molar-refractivity contribution in [2.24, 2.45) is 5.92 Å². The fourth-order valence-corrected chi connectivity index (χ4v) is 3.80. The number of carbonyl (C=O) groups excluding carboxylic acids is 1. The van der Waals surface area contributed by atoms with Crippen molar-refractivity contribution < 1.29 is 4.79 Å². The van der Waals surface area contributed by atoms with Crippen molar-refractivity contribution in [1.82, 2.24) is 15.1 Å². The number of carbonyl (C=O) groups is 1. The van der Waals surface area contributed by atoms with Gasteiger partial charge in [-0.1, -0.05) is 23.7 Å². The van der Waals surface area contributed by atoms with Gasteiger partial charge < -0.3 is 10.2 Å². The number of hydrogen-bond donors (Lipinski definition) is 1. The molecule has 0 radical (unpaired) electrons. The first kappa shape index (κ1) is 17.7. The van der Waals surface area contributed by atoms with E-state index in [1.807, 2.05) is 12.1 Å². The third-order valence-electron chi connectivity index (χ3n) is 5.19. The predicted molar refractivity (Wildman–Crippen MR) is 98.1 cm³/mol. The van der Waals surface area contributed by atoms with Gasteiger partial charge in [-0.2, -0.15) is 0 Å². The number of hydrogen-bond acceptors (Lipinski definition) is 3. The Morgan fingerprint density at radius 3 is 2.75 bits per heavy atom. The van der Waals surface area contributed by atoms with Gasteiger partial charge >= 0.3 is 0 Å². The van der Waals surface area contributed by atoms with Gasteiger partial charge in [0.05, 0.1) is 0 Å². The summed E-state index contributed by atoms with van der Waals surface area (Å²) >= 11 is 5.95. The Labute approximate surface area is 150 Å². The van der Waals surface area contributed by atoms with Crippen LogP contribution in [0.25, 0.3) is 0 Å². The molecule has 5 heteroatoms. The monoisotopic (exact) mass is 349 g/mol. The zero-order valence-corrected chi connectivity index (χ0v) is 15.1. The molecular weight excluding hydrogens is 322 g/mol. The van der Waals surface area contributed by atoms with Crippen LogP contribution >= 0.6 is 11.6 Å². The topological polar surface area (TPSA) is 35.6 Å². The lowest BCUT2D eigenvalue weighted by Crippen LogP contribution is -2.35. The minimum Gasteiger partial charge on any atom is -0.341 e. The molecule has 0 aromatic heterocycles. The molecule has 0 bridgehead atoms. The van der Waals surface area contributed by atoms with E-state index in [9.17, 15) is 4.79 Å². The molecule has 1 aromatic rings. The largest absolute Gasteiger partial charge is 0.341 e. The van der Waals surface area contributed by atoms with E-state index in [1.165, 1.54) is 12.0 Å². The van der Waals surface area contributed by atoms with Crippen LogP contribution in [0.3, 0.4) is 0 Å². The molecule has 4 nitrogen and oxygen atoms in total. The van der Waals surface area contributed by atoms with Gasteiger partial charge in [0.25, 0.3) is 0 Å². The zero-order valence-electron chi connectivity index (χ0n) is 14.3. The van der Waals surface area contributed by atoms with Crippen molar-refractivity contribution in [1.29, 1.82) is 0 Å². The maximum Gasteiger partial charge on any atom is 0.222 e. The average Bonchev–Trinajstić information content (AvgIpc) is 3.00. The van der Waals surface area contributed by atoms with Crippen LogP contribution in [0, 0.1) is 5.92 Å². The molecule has 0 aliphatic carbocycles. The zero-order chi connectivity index (χ0) is 16.8. The third-order valence-corrected chi connectivity index (χ3v) is 5.44. The molecule has 2 aliphatic heterocycles. The summed E-state index contributed by atoms with van der Waals surface area (Å²) < 4.78 is 0. The van der Waals surface area contributed by atoms with Crippen LogP contribution in [0.15, 0.2) is 24.3 Å². The highest BCUT2D eigenvalue weighted by molar-refractivity contribution is 6.30. The molecule has 3 rings (SSSR count). The normalized spacial score (nSPS) is 22.5. The average molecular weight is 350 g/mol. The molecule has 0 spiro atoms. The van der Waals surface area contributed by atoms with Crippen LogP contribution in [-0.4, -0.2) is 55.0 Å². The van der Waals surface area contributed by atoms with Gasteiger partial charge in [-0.3, -0.25) is 9.69 Å². The number of nitrogens with one attached hydrogen (secondary N) is 1. The van der Waals surface area contributed by atoms with Crippen LogP contribution in [0.2, 0.25) is 5.02 Å². The molecule has 2 saturated heterocycles. The van der Waals surface area contributed by atoms with Crippen molar-refractivity contribution in [2.75, 3.05) is 39.3 Å². The van der Waals surface area contributed by atoms with Gasteiger partial charge in [-0.15, -0.1) is 0 Å². The second-order valence-electron chi connectivity index (χ2n) is 7.03. The fourth-order valence-electron chi connectivity index (χ4n) is 3.67. The molecule has 0 saturated carbocycles. The lowest BCUT2D eigenvalue weighted by Gasteiger charge is -2.22. The van der Waals surface area contributed by atoms with E-state index in [1.54, 1.807) is 0 Å². The highest BCUT2D eigenvalue weighted by Crippen LogP contribution is 2.17. The number of rotatable bonds is 5. The molecular formula is C19H28ClN3O. The maximum absolute atomic E-state index is 12.5. The highest BCUT2D eigenvalue weighted by Gasteiger charge is 2.21. The molecule has 1 N–H and O–H groups in total. The van der Waals surface area contributed by atoms with Gasteiger partial charge in [0.15, 0.2) is 0 Å². The van der Waals surface area contributed by atoms with Gasteiger partial charge in [-0.25, -0.2) is 0 Å². The first-order chi connectivity index (χ1) is 11.7. The summed E-state index contributed by atoms with van der Waals surface area (Å²) in [6.07, 6.45) is 4.03. The Balaban J connectivity index is 1.43. The lowest BCUT2D eigenvalue weighted by atomic mass is 10.0. The van der Waals surface area contributed by atoms with Crippen molar-refractivity contribution >= 4 is 17.5 Å². The molecule has 24 heavy (non-hydrogen) atoms. The SMILES string of the molecule is O=C(CCC1CCNC1)N1CCCN(Cc2ccc(Cl)cc2)CC1. The second kappa shape index (κ2) is 8.84. The molecule has 2 fully saturated rings. The van der Waals surface area contributed by atoms with E-state index in [2.05, 4.69) is 27.2 Å². The number of halogens is 1. The van der Waals surface area contributed by atoms with Crippen molar-refractivity contribution in [3.63, 3.8) is 0 Å². The van der Waals surface area contributed by atoms with Crippen molar-refractivity contribution in [2.45, 2.75) is 32.2 Å². The number of nitrogens with zero attached hydrogens (tertiary/aromatic N) is 2. The Kier molecular flexibility index (Phi) is 6.52. The predicted octanol–water partition coefficient (Wildman–Crippen LogP) is 2.76. The van der Waals surface area contributed by atoms with E-state index < -0.39 is 0 Å². The minimum absolute atomic E-state index is 0.343. The van der Waals surface area contributed by atoms with Crippen LogP contribution in [-0.2, 0) is 11.3 Å². The van der Waals surface area contributed by atoms with E-state index in [-0.39, 0.29) is 0 Å². The van der Waals surface area contributed by atoms with E-state index in [0.29, 0.717) is 18.2 Å². The summed E-state index contributed by atoms with van der Waals surface area (Å²) in [5, 5.41) is 4.16. The third kappa shape index (κ3) is 5.20. The van der Waals surface area contributed by atoms with Crippen LogP contribution in [0.5, 0.6) is 0 Å². The first-order valence-electron chi connectivity index (χ1n) is 9.16. The van der Waals surface area contributed by atoms with E-state index in [0.717, 1.165) is 63.7 Å². The van der Waals surface area contributed by atoms with Gasteiger partial charge in [0, 0.05) is 44.2 Å². The van der Waals surface area contributed by atoms with E-state index in [4.69, 9.17) is 11.6 Å². The van der Waals surface area contributed by atoms with Crippen LogP contribution in [0.4, 0.5) is 0 Å². The number of benzene rings is 1. The van der Waals surface area contributed by atoms with Gasteiger partial charge in [-0.05, 0) is 56.0 Å². The molecule has 1 unspecified atom stereocenters. The Morgan fingerprint density at radius 1 is 1.17 bits per heavy atom. The van der Waals surface area contributed by atoms with E-state index >= 15 is 0 Å². The molecule has 2 aliphatic rings. The first-order valence-corrected chi connectivity index (χ1v) is 9.54. The highest BCUT2D eigenvalue weighted by atomic mass is 35.5. The smallest absolute Gasteiger partial charge is 0.222 e. The molecule has 1 amide bonds. The molecule has 1 atom stereocenters.